The van der Waals surface area contributed by atoms with Gasteiger partial charge >= 0.3 is 0 Å². The highest BCUT2D eigenvalue weighted by atomic mass is 16.6. The van der Waals surface area contributed by atoms with Crippen LogP contribution in [0.3, 0.4) is 0 Å². The molecule has 1 heterocycles. The smallest absolute Gasteiger partial charge is 0.276 e. The first-order valence-corrected chi connectivity index (χ1v) is 6.76. The zero-order chi connectivity index (χ0) is 16.0. The summed E-state index contributed by atoms with van der Waals surface area (Å²) in [4.78, 5) is 30.1. The van der Waals surface area contributed by atoms with Crippen molar-refractivity contribution in [3.8, 4) is 0 Å². The number of anilines is 2. The molecule has 1 N–H and O–H groups in total. The van der Waals surface area contributed by atoms with Crippen molar-refractivity contribution in [2.75, 3.05) is 43.9 Å². The molecule has 0 bridgehead atoms. The summed E-state index contributed by atoms with van der Waals surface area (Å²) in [6.45, 7) is 5.21. The van der Waals surface area contributed by atoms with Crippen molar-refractivity contribution < 1.29 is 9.72 Å². The average Bonchev–Trinajstić information content (AvgIpc) is 2.47. The summed E-state index contributed by atoms with van der Waals surface area (Å²) in [5.74, 6) is 0.734. The molecule has 0 aliphatic carbocycles. The predicted molar refractivity (Wildman–Crippen MR) is 81.6 cm³/mol. The van der Waals surface area contributed by atoms with Gasteiger partial charge in [-0.2, -0.15) is 0 Å². The van der Waals surface area contributed by atoms with Crippen LogP contribution in [-0.2, 0) is 4.79 Å². The van der Waals surface area contributed by atoms with E-state index in [4.69, 9.17) is 0 Å². The Bertz CT molecular complexity index is 517. The van der Waals surface area contributed by atoms with E-state index in [1.54, 1.807) is 23.9 Å². The molecule has 0 radical (unpaired) electrons. The van der Waals surface area contributed by atoms with Crippen molar-refractivity contribution in [3.05, 3.63) is 22.2 Å². The van der Waals surface area contributed by atoms with Crippen LogP contribution in [0.15, 0.2) is 12.1 Å². The molecule has 8 nitrogen and oxygen atoms in total. The van der Waals surface area contributed by atoms with Crippen molar-refractivity contribution in [1.82, 2.24) is 9.88 Å². The maximum Gasteiger partial charge on any atom is 0.276 e. The number of hydrogen-bond acceptors (Lipinski definition) is 6. The second kappa shape index (κ2) is 7.41. The van der Waals surface area contributed by atoms with Gasteiger partial charge < -0.3 is 15.1 Å². The summed E-state index contributed by atoms with van der Waals surface area (Å²) >= 11 is 0. The van der Waals surface area contributed by atoms with E-state index in [1.165, 1.54) is 12.1 Å². The Balaban J connectivity index is 2.96. The summed E-state index contributed by atoms with van der Waals surface area (Å²) in [6, 6.07) is 2.71. The number of pyridine rings is 1. The van der Waals surface area contributed by atoms with Crippen molar-refractivity contribution in [3.63, 3.8) is 0 Å². The minimum Gasteiger partial charge on any atom is -0.373 e. The normalized spacial score (nSPS) is 10.1. The van der Waals surface area contributed by atoms with Crippen LogP contribution in [0.5, 0.6) is 0 Å². The molecule has 0 unspecified atom stereocenters. The first-order chi connectivity index (χ1) is 9.92. The lowest BCUT2D eigenvalue weighted by atomic mass is 10.3. The molecule has 0 aliphatic heterocycles. The van der Waals surface area contributed by atoms with E-state index in [9.17, 15) is 14.9 Å². The number of aromatic nitrogens is 1. The van der Waals surface area contributed by atoms with E-state index in [-0.39, 0.29) is 18.1 Å². The van der Waals surface area contributed by atoms with Gasteiger partial charge in [0.15, 0.2) is 0 Å². The summed E-state index contributed by atoms with van der Waals surface area (Å²) in [6.07, 6.45) is 0. The van der Waals surface area contributed by atoms with Crippen molar-refractivity contribution in [1.29, 1.82) is 0 Å². The number of nitrogens with zero attached hydrogens (tertiary/aromatic N) is 4. The number of carbonyl (C=O) groups excluding carboxylic acids is 1. The van der Waals surface area contributed by atoms with Gasteiger partial charge in [-0.1, -0.05) is 0 Å². The van der Waals surface area contributed by atoms with Gasteiger partial charge in [-0.15, -0.1) is 0 Å². The van der Waals surface area contributed by atoms with E-state index >= 15 is 0 Å². The topological polar surface area (TPSA) is 91.6 Å². The molecule has 0 aromatic carbocycles. The Morgan fingerprint density at radius 1 is 1.38 bits per heavy atom. The fourth-order valence-electron chi connectivity index (χ4n) is 1.89. The summed E-state index contributed by atoms with van der Waals surface area (Å²) in [7, 11) is 3.32. The number of amides is 1. The number of rotatable bonds is 7. The molecular formula is C13H21N5O3. The summed E-state index contributed by atoms with van der Waals surface area (Å²) in [5.41, 5.74) is -0.0634. The molecule has 0 spiro atoms. The monoisotopic (exact) mass is 295 g/mol. The van der Waals surface area contributed by atoms with Crippen LogP contribution in [0.25, 0.3) is 0 Å². The van der Waals surface area contributed by atoms with Crippen LogP contribution in [-0.4, -0.2) is 54.4 Å². The molecule has 0 saturated carbocycles. The molecule has 116 valence electrons. The van der Waals surface area contributed by atoms with E-state index < -0.39 is 4.92 Å². The third kappa shape index (κ3) is 4.30. The Kier molecular flexibility index (Phi) is 5.89. The van der Waals surface area contributed by atoms with Gasteiger partial charge in [0.05, 0.1) is 23.6 Å². The van der Waals surface area contributed by atoms with Gasteiger partial charge in [-0.25, -0.2) is 4.98 Å². The number of nitro groups is 1. The molecule has 0 saturated heterocycles. The number of hydrogen-bond donors (Lipinski definition) is 1. The van der Waals surface area contributed by atoms with Gasteiger partial charge in [0.25, 0.3) is 5.69 Å². The van der Waals surface area contributed by atoms with Crippen LogP contribution in [0.1, 0.15) is 13.8 Å². The Hall–Kier alpha value is -2.38. The lowest BCUT2D eigenvalue weighted by Crippen LogP contribution is -2.39. The maximum atomic E-state index is 12.1. The first-order valence-electron chi connectivity index (χ1n) is 6.76. The molecular weight excluding hydrogens is 274 g/mol. The lowest BCUT2D eigenvalue weighted by molar-refractivity contribution is -0.384. The Morgan fingerprint density at radius 3 is 2.48 bits per heavy atom. The van der Waals surface area contributed by atoms with Crippen LogP contribution in [0, 0.1) is 10.1 Å². The fraction of sp³-hybridized carbons (Fsp3) is 0.538. The third-order valence-electron chi connectivity index (χ3n) is 3.14. The van der Waals surface area contributed by atoms with Crippen molar-refractivity contribution in [2.45, 2.75) is 13.8 Å². The predicted octanol–water partition coefficient (Wildman–Crippen LogP) is 1.34. The highest BCUT2D eigenvalue weighted by molar-refractivity contribution is 5.81. The zero-order valence-corrected chi connectivity index (χ0v) is 12.8. The van der Waals surface area contributed by atoms with Crippen LogP contribution in [0.4, 0.5) is 17.3 Å². The maximum absolute atomic E-state index is 12.1. The van der Waals surface area contributed by atoms with E-state index in [0.717, 1.165) is 0 Å². The fourth-order valence-corrected chi connectivity index (χ4v) is 1.89. The van der Waals surface area contributed by atoms with E-state index in [1.807, 2.05) is 13.8 Å². The zero-order valence-electron chi connectivity index (χ0n) is 12.8. The molecule has 1 rings (SSSR count). The molecule has 0 atom stereocenters. The minimum absolute atomic E-state index is 0.0400. The second-order valence-electron chi connectivity index (χ2n) is 4.50. The molecule has 8 heteroatoms. The SMILES string of the molecule is CCN(CC)C(=O)CN(C)c1cc([N+](=O)[O-])cc(NC)n1. The third-order valence-corrected chi connectivity index (χ3v) is 3.14. The Labute approximate surface area is 123 Å². The highest BCUT2D eigenvalue weighted by Crippen LogP contribution is 2.22. The van der Waals surface area contributed by atoms with E-state index in [2.05, 4.69) is 10.3 Å². The van der Waals surface area contributed by atoms with Crippen molar-refractivity contribution >= 4 is 23.2 Å². The first kappa shape index (κ1) is 16.7. The molecule has 21 heavy (non-hydrogen) atoms. The van der Waals surface area contributed by atoms with Gasteiger partial charge in [0.2, 0.25) is 5.91 Å². The highest BCUT2D eigenvalue weighted by Gasteiger charge is 2.17. The molecule has 1 amide bonds. The van der Waals surface area contributed by atoms with Gasteiger partial charge in [-0.05, 0) is 13.8 Å². The van der Waals surface area contributed by atoms with Gasteiger partial charge in [0, 0.05) is 27.2 Å². The Morgan fingerprint density at radius 2 is 2.00 bits per heavy atom. The van der Waals surface area contributed by atoms with Gasteiger partial charge in [-0.3, -0.25) is 14.9 Å². The lowest BCUT2D eigenvalue weighted by Gasteiger charge is -2.23. The minimum atomic E-state index is -0.480. The molecule has 1 aromatic heterocycles. The largest absolute Gasteiger partial charge is 0.373 e. The second-order valence-corrected chi connectivity index (χ2v) is 4.50. The van der Waals surface area contributed by atoms with Crippen LogP contribution < -0.4 is 10.2 Å². The average molecular weight is 295 g/mol. The van der Waals surface area contributed by atoms with Crippen LogP contribution in [0.2, 0.25) is 0 Å². The van der Waals surface area contributed by atoms with Crippen LogP contribution >= 0.6 is 0 Å². The standard InChI is InChI=1S/C13H21N5O3/c1-5-17(6-2)13(19)9-16(4)12-8-10(18(20)21)7-11(14-3)15-12/h7-8H,5-6,9H2,1-4H3,(H,14,15). The van der Waals surface area contributed by atoms with E-state index in [0.29, 0.717) is 24.7 Å². The number of nitrogens with one attached hydrogen (secondary N) is 1. The summed E-state index contributed by atoms with van der Waals surface area (Å²) in [5, 5.41) is 13.7. The van der Waals surface area contributed by atoms with Crippen molar-refractivity contribution in [2.24, 2.45) is 0 Å². The number of carbonyl (C=O) groups is 1. The summed E-state index contributed by atoms with van der Waals surface area (Å²) < 4.78 is 0. The molecule has 0 fully saturated rings. The molecule has 0 aliphatic rings. The number of likely N-dealkylation sites (N-methyl/N-ethyl adjacent to an activating group) is 2. The van der Waals surface area contributed by atoms with Gasteiger partial charge in [0.1, 0.15) is 11.6 Å². The quantitative estimate of drug-likeness (QED) is 0.603. The molecule has 1 aromatic rings.